The van der Waals surface area contributed by atoms with Crippen LogP contribution in [0.15, 0.2) is 79.1 Å². The Kier molecular flexibility index (Phi) is 2.45. The van der Waals surface area contributed by atoms with Gasteiger partial charge in [0.05, 0.1) is 5.52 Å². The highest BCUT2D eigenvalue weighted by molar-refractivity contribution is 5.80. The number of nitrogens with zero attached hydrogens (tertiary/aromatic N) is 2. The number of para-hydroxylation sites is 1. The van der Waals surface area contributed by atoms with E-state index in [1.807, 2.05) is 0 Å². The maximum Gasteiger partial charge on any atom is 0.0541 e. The van der Waals surface area contributed by atoms with Crippen molar-refractivity contribution in [1.29, 1.82) is 0 Å². The molecule has 2 heteroatoms. The van der Waals surface area contributed by atoms with E-state index in [0.29, 0.717) is 0 Å². The normalized spacial score (nSPS) is 11.7. The first-order chi connectivity index (χ1) is 11.3. The highest BCUT2D eigenvalue weighted by atomic mass is 15.0. The number of hydrogen-bond donors (Lipinski definition) is 0. The fourth-order valence-electron chi connectivity index (χ4n) is 3.66. The smallest absolute Gasteiger partial charge is 0.0541 e. The fraction of sp³-hybridized carbons (Fsp3) is 0.0476. The lowest BCUT2D eigenvalue weighted by atomic mass is 10.0. The van der Waals surface area contributed by atoms with E-state index in [4.69, 9.17) is 0 Å². The van der Waals surface area contributed by atoms with Gasteiger partial charge in [-0.05, 0) is 24.3 Å². The predicted octanol–water partition coefficient (Wildman–Crippen LogP) is 4.85. The largest absolute Gasteiger partial charge is 0.350 e. The predicted molar refractivity (Wildman–Crippen MR) is 95.1 cm³/mol. The highest BCUT2D eigenvalue weighted by Crippen LogP contribution is 2.26. The molecular formula is C21H16N2. The first-order valence-corrected chi connectivity index (χ1v) is 7.86. The van der Waals surface area contributed by atoms with Gasteiger partial charge in [0.1, 0.15) is 0 Å². The summed E-state index contributed by atoms with van der Waals surface area (Å²) in [4.78, 5) is 0. The summed E-state index contributed by atoms with van der Waals surface area (Å²) < 4.78 is 4.51. The van der Waals surface area contributed by atoms with Gasteiger partial charge in [-0.3, -0.25) is 0 Å². The monoisotopic (exact) mass is 296 g/mol. The van der Waals surface area contributed by atoms with Crippen molar-refractivity contribution in [1.82, 2.24) is 9.13 Å². The molecule has 0 saturated heterocycles. The molecule has 0 fully saturated rings. The molecule has 0 amide bonds. The van der Waals surface area contributed by atoms with Gasteiger partial charge in [-0.1, -0.05) is 42.5 Å². The van der Waals surface area contributed by atoms with Crippen molar-refractivity contribution in [3.63, 3.8) is 0 Å². The molecule has 0 atom stereocenters. The summed E-state index contributed by atoms with van der Waals surface area (Å²) in [7, 11) is 2.12. The van der Waals surface area contributed by atoms with Crippen molar-refractivity contribution < 1.29 is 0 Å². The van der Waals surface area contributed by atoms with Crippen LogP contribution in [0.2, 0.25) is 0 Å². The fourth-order valence-corrected chi connectivity index (χ4v) is 3.66. The second kappa shape index (κ2) is 4.50. The van der Waals surface area contributed by atoms with Gasteiger partial charge in [-0.15, -0.1) is 0 Å². The van der Waals surface area contributed by atoms with Gasteiger partial charge in [-0.25, -0.2) is 0 Å². The van der Waals surface area contributed by atoms with Crippen LogP contribution in [-0.2, 0) is 7.05 Å². The summed E-state index contributed by atoms with van der Waals surface area (Å²) in [5.74, 6) is 0. The maximum absolute atomic E-state index is 2.30. The first-order valence-electron chi connectivity index (χ1n) is 7.86. The van der Waals surface area contributed by atoms with Gasteiger partial charge < -0.3 is 9.13 Å². The Balaban J connectivity index is 2.13. The lowest BCUT2D eigenvalue weighted by Crippen LogP contribution is -2.03. The van der Waals surface area contributed by atoms with E-state index in [2.05, 4.69) is 95.3 Å². The van der Waals surface area contributed by atoms with Crippen LogP contribution in [-0.4, -0.2) is 9.13 Å². The molecule has 3 aromatic carbocycles. The minimum absolute atomic E-state index is 1.19. The average molecular weight is 296 g/mol. The molecule has 110 valence electrons. The van der Waals surface area contributed by atoms with Gasteiger partial charge in [0.2, 0.25) is 0 Å². The van der Waals surface area contributed by atoms with E-state index in [1.54, 1.807) is 0 Å². The Morgan fingerprint density at radius 3 is 2.04 bits per heavy atom. The van der Waals surface area contributed by atoms with Crippen LogP contribution >= 0.6 is 0 Å². The van der Waals surface area contributed by atoms with Crippen LogP contribution in [0.3, 0.4) is 0 Å². The average Bonchev–Trinajstić information content (AvgIpc) is 2.61. The minimum atomic E-state index is 1.19. The Morgan fingerprint density at radius 1 is 0.609 bits per heavy atom. The third-order valence-electron chi connectivity index (χ3n) is 4.67. The lowest BCUT2D eigenvalue weighted by molar-refractivity contribution is 0.948. The van der Waals surface area contributed by atoms with Crippen LogP contribution < -0.4 is 0 Å². The van der Waals surface area contributed by atoms with Crippen LogP contribution in [0.25, 0.3) is 27.5 Å². The number of rotatable bonds is 1. The first kappa shape index (κ1) is 12.5. The molecular weight excluding hydrogens is 280 g/mol. The number of aryl methyl sites for hydroxylation is 1. The van der Waals surface area contributed by atoms with Crippen molar-refractivity contribution in [2.45, 2.75) is 0 Å². The molecule has 0 unspecified atom stereocenters. The molecule has 2 heterocycles. The van der Waals surface area contributed by atoms with E-state index in [9.17, 15) is 0 Å². The third-order valence-corrected chi connectivity index (χ3v) is 4.67. The second-order valence-electron chi connectivity index (χ2n) is 6.06. The van der Waals surface area contributed by atoms with Crippen molar-refractivity contribution in [2.75, 3.05) is 0 Å². The van der Waals surface area contributed by atoms with E-state index in [0.717, 1.165) is 0 Å². The zero-order valence-electron chi connectivity index (χ0n) is 12.9. The maximum atomic E-state index is 2.30. The molecule has 5 rings (SSSR count). The Labute approximate surface area is 133 Å². The molecule has 2 nitrogen and oxygen atoms in total. The van der Waals surface area contributed by atoms with Crippen LogP contribution in [0.5, 0.6) is 0 Å². The molecule has 0 radical (unpaired) electrons. The van der Waals surface area contributed by atoms with Gasteiger partial charge in [0.15, 0.2) is 0 Å². The quantitative estimate of drug-likeness (QED) is 0.418. The third kappa shape index (κ3) is 1.69. The Hall–Kier alpha value is -3.00. The van der Waals surface area contributed by atoms with Crippen molar-refractivity contribution >= 4 is 21.8 Å². The summed E-state index contributed by atoms with van der Waals surface area (Å²) in [6.45, 7) is 0. The standard InChI is InChI=1S/C21H16N2/c1-22-13-15-7-6-12-19-21(15)20-16(8-5-11-18(20)22)14-23(19)17-9-3-2-4-10-17/h2-14H,1H3. The second-order valence-corrected chi connectivity index (χ2v) is 6.06. The van der Waals surface area contributed by atoms with Crippen molar-refractivity contribution in [3.05, 3.63) is 89.6 Å². The summed E-state index contributed by atoms with van der Waals surface area (Å²) in [6, 6.07) is 23.6. The Bertz CT molecular complexity index is 1210. The number of benzene rings is 3. The molecule has 0 saturated carbocycles. The zero-order valence-corrected chi connectivity index (χ0v) is 12.9. The molecule has 0 aromatic heterocycles. The lowest BCUT2D eigenvalue weighted by Gasteiger charge is -2.17. The topological polar surface area (TPSA) is 9.86 Å². The van der Waals surface area contributed by atoms with Gasteiger partial charge in [0, 0.05) is 51.9 Å². The molecule has 23 heavy (non-hydrogen) atoms. The molecule has 2 aliphatic rings. The van der Waals surface area contributed by atoms with Crippen LogP contribution in [0.1, 0.15) is 0 Å². The van der Waals surface area contributed by atoms with Crippen molar-refractivity contribution in [3.8, 4) is 5.69 Å². The molecule has 0 bridgehead atoms. The molecule has 3 aromatic rings. The van der Waals surface area contributed by atoms with Gasteiger partial charge in [-0.2, -0.15) is 0 Å². The highest BCUT2D eigenvalue weighted by Gasteiger charge is 2.09. The van der Waals surface area contributed by atoms with Crippen molar-refractivity contribution in [2.24, 2.45) is 7.05 Å². The number of hydrogen-bond acceptors (Lipinski definition) is 0. The zero-order chi connectivity index (χ0) is 15.4. The summed E-state index contributed by atoms with van der Waals surface area (Å²) in [5, 5.41) is 5.23. The molecule has 2 aliphatic heterocycles. The van der Waals surface area contributed by atoms with Crippen LogP contribution in [0.4, 0.5) is 0 Å². The molecule has 0 N–H and O–H groups in total. The SMILES string of the molecule is Cn1cc2cccc3c2=c2c(cccc21)cn3-c1ccccc1. The van der Waals surface area contributed by atoms with E-state index < -0.39 is 0 Å². The van der Waals surface area contributed by atoms with E-state index in [1.165, 1.54) is 37.9 Å². The summed E-state index contributed by atoms with van der Waals surface area (Å²) in [5.41, 5.74) is 3.71. The van der Waals surface area contributed by atoms with Gasteiger partial charge >= 0.3 is 0 Å². The minimum Gasteiger partial charge on any atom is -0.350 e. The molecule has 0 spiro atoms. The van der Waals surface area contributed by atoms with E-state index >= 15 is 0 Å². The van der Waals surface area contributed by atoms with Crippen LogP contribution in [0, 0.1) is 10.4 Å². The molecule has 0 aliphatic carbocycles. The Morgan fingerprint density at radius 2 is 1.26 bits per heavy atom. The van der Waals surface area contributed by atoms with Gasteiger partial charge in [0.25, 0.3) is 0 Å². The summed E-state index contributed by atoms with van der Waals surface area (Å²) in [6.07, 6.45) is 4.47. The van der Waals surface area contributed by atoms with E-state index in [-0.39, 0.29) is 0 Å². The summed E-state index contributed by atoms with van der Waals surface area (Å²) >= 11 is 0. The number of aromatic nitrogens is 2.